The van der Waals surface area contributed by atoms with E-state index >= 15 is 0 Å². The minimum absolute atomic E-state index is 0.206. The van der Waals surface area contributed by atoms with Crippen molar-refractivity contribution in [1.82, 2.24) is 4.90 Å². The number of nitrogens with two attached hydrogens (primary N) is 1. The van der Waals surface area contributed by atoms with Crippen LogP contribution in [0.3, 0.4) is 0 Å². The van der Waals surface area contributed by atoms with Crippen LogP contribution in [-0.4, -0.2) is 44.3 Å². The molecule has 2 aliphatic heterocycles. The summed E-state index contributed by atoms with van der Waals surface area (Å²) in [7, 11) is 0. The number of morpholine rings is 1. The summed E-state index contributed by atoms with van der Waals surface area (Å²) in [4.78, 5) is 4.56. The summed E-state index contributed by atoms with van der Waals surface area (Å²) in [5, 5.41) is 0. The third-order valence-corrected chi connectivity index (χ3v) is 5.63. The molecule has 2 aromatic rings. The molecule has 0 radical (unpaired) electrons. The SMILES string of the molecule is CC1CCN(c2cc(F)c(-c3cccc(CN4CCOCC4)c3)cc2N)C1. The van der Waals surface area contributed by atoms with Crippen molar-refractivity contribution in [2.45, 2.75) is 19.9 Å². The number of nitrogens with zero attached hydrogens (tertiary/aromatic N) is 2. The fourth-order valence-electron chi connectivity index (χ4n) is 4.08. The van der Waals surface area contributed by atoms with Crippen molar-refractivity contribution in [2.24, 2.45) is 5.92 Å². The molecular weight excluding hydrogens is 341 g/mol. The van der Waals surface area contributed by atoms with Gasteiger partial charge in [0.15, 0.2) is 0 Å². The molecular formula is C22H28FN3O. The lowest BCUT2D eigenvalue weighted by Gasteiger charge is -2.26. The maximum Gasteiger partial charge on any atom is 0.133 e. The molecule has 2 aliphatic rings. The molecule has 1 unspecified atom stereocenters. The highest BCUT2D eigenvalue weighted by Gasteiger charge is 2.22. The van der Waals surface area contributed by atoms with E-state index in [4.69, 9.17) is 10.5 Å². The summed E-state index contributed by atoms with van der Waals surface area (Å²) in [6.07, 6.45) is 1.13. The summed E-state index contributed by atoms with van der Waals surface area (Å²) in [6, 6.07) is 11.5. The van der Waals surface area contributed by atoms with E-state index in [9.17, 15) is 4.39 Å². The lowest BCUT2D eigenvalue weighted by atomic mass is 10.0. The van der Waals surface area contributed by atoms with Gasteiger partial charge in [0.1, 0.15) is 5.82 Å². The topological polar surface area (TPSA) is 41.7 Å². The van der Waals surface area contributed by atoms with E-state index in [0.717, 1.165) is 63.6 Å². The van der Waals surface area contributed by atoms with Crippen LogP contribution in [0.15, 0.2) is 36.4 Å². The maximum absolute atomic E-state index is 14.9. The molecule has 0 spiro atoms. The molecule has 0 aliphatic carbocycles. The molecule has 4 nitrogen and oxygen atoms in total. The first-order valence-electron chi connectivity index (χ1n) is 9.83. The van der Waals surface area contributed by atoms with Gasteiger partial charge in [-0.3, -0.25) is 4.90 Å². The third-order valence-electron chi connectivity index (χ3n) is 5.63. The number of nitrogen functional groups attached to an aromatic ring is 1. The molecule has 0 aromatic heterocycles. The first-order chi connectivity index (χ1) is 13.1. The van der Waals surface area contributed by atoms with Gasteiger partial charge in [-0.2, -0.15) is 0 Å². The molecule has 4 rings (SSSR count). The molecule has 0 amide bonds. The second-order valence-corrected chi connectivity index (χ2v) is 7.82. The average Bonchev–Trinajstić information content (AvgIpc) is 3.10. The fourth-order valence-corrected chi connectivity index (χ4v) is 4.08. The van der Waals surface area contributed by atoms with E-state index < -0.39 is 0 Å². The monoisotopic (exact) mass is 369 g/mol. The summed E-state index contributed by atoms with van der Waals surface area (Å²) in [6.45, 7) is 8.40. The summed E-state index contributed by atoms with van der Waals surface area (Å²) in [5.74, 6) is 0.422. The molecule has 2 aromatic carbocycles. The predicted molar refractivity (Wildman–Crippen MR) is 108 cm³/mol. The summed E-state index contributed by atoms with van der Waals surface area (Å²) >= 11 is 0. The van der Waals surface area contributed by atoms with E-state index in [-0.39, 0.29) is 5.82 Å². The minimum atomic E-state index is -0.206. The molecule has 0 saturated carbocycles. The van der Waals surface area contributed by atoms with E-state index in [1.807, 2.05) is 12.1 Å². The van der Waals surface area contributed by atoms with Gasteiger partial charge in [-0.15, -0.1) is 0 Å². The number of anilines is 2. The van der Waals surface area contributed by atoms with Crippen LogP contribution < -0.4 is 10.6 Å². The largest absolute Gasteiger partial charge is 0.397 e. The van der Waals surface area contributed by atoms with Crippen LogP contribution >= 0.6 is 0 Å². The van der Waals surface area contributed by atoms with Gasteiger partial charge in [-0.05, 0) is 41.7 Å². The zero-order chi connectivity index (χ0) is 18.8. The van der Waals surface area contributed by atoms with Crippen molar-refractivity contribution >= 4 is 11.4 Å². The standard InChI is InChI=1S/C22H28FN3O/c1-16-5-6-26(14-16)22-13-20(23)19(12-21(22)24)18-4-2-3-17(11-18)15-25-7-9-27-10-8-25/h2-4,11-13,16H,5-10,14-15,24H2,1H3. The van der Waals surface area contributed by atoms with Gasteiger partial charge >= 0.3 is 0 Å². The molecule has 2 fully saturated rings. The Morgan fingerprint density at radius 2 is 1.96 bits per heavy atom. The van der Waals surface area contributed by atoms with Crippen LogP contribution in [0.25, 0.3) is 11.1 Å². The number of rotatable bonds is 4. The quantitative estimate of drug-likeness (QED) is 0.834. The molecule has 2 saturated heterocycles. The van der Waals surface area contributed by atoms with E-state index in [1.165, 1.54) is 5.56 Å². The maximum atomic E-state index is 14.9. The van der Waals surface area contributed by atoms with Gasteiger partial charge < -0.3 is 15.4 Å². The van der Waals surface area contributed by atoms with Crippen LogP contribution in [0.4, 0.5) is 15.8 Å². The average molecular weight is 369 g/mol. The van der Waals surface area contributed by atoms with Crippen molar-refractivity contribution in [3.05, 3.63) is 47.8 Å². The lowest BCUT2D eigenvalue weighted by Crippen LogP contribution is -2.35. The van der Waals surface area contributed by atoms with Gasteiger partial charge in [0, 0.05) is 38.3 Å². The highest BCUT2D eigenvalue weighted by atomic mass is 19.1. The van der Waals surface area contributed by atoms with Gasteiger partial charge in [-0.25, -0.2) is 4.39 Å². The molecule has 2 heterocycles. The molecule has 144 valence electrons. The summed E-state index contributed by atoms with van der Waals surface area (Å²) in [5.41, 5.74) is 10.4. The van der Waals surface area contributed by atoms with E-state index in [0.29, 0.717) is 17.2 Å². The highest BCUT2D eigenvalue weighted by Crippen LogP contribution is 2.35. The Hall–Kier alpha value is -2.11. The third kappa shape index (κ3) is 4.09. The van der Waals surface area contributed by atoms with Crippen LogP contribution in [0.5, 0.6) is 0 Å². The van der Waals surface area contributed by atoms with E-state index in [2.05, 4.69) is 28.9 Å². The van der Waals surface area contributed by atoms with Gasteiger partial charge in [-0.1, -0.05) is 25.1 Å². The first kappa shape index (κ1) is 18.3. The molecule has 2 N–H and O–H groups in total. The number of benzene rings is 2. The van der Waals surface area contributed by atoms with Gasteiger partial charge in [0.05, 0.1) is 24.6 Å². The number of hydrogen-bond acceptors (Lipinski definition) is 4. The smallest absolute Gasteiger partial charge is 0.133 e. The molecule has 0 bridgehead atoms. The van der Waals surface area contributed by atoms with Crippen molar-refractivity contribution in [3.8, 4) is 11.1 Å². The van der Waals surface area contributed by atoms with E-state index in [1.54, 1.807) is 12.1 Å². The second-order valence-electron chi connectivity index (χ2n) is 7.82. The normalized spacial score (nSPS) is 21.0. The number of ether oxygens (including phenoxy) is 1. The Morgan fingerprint density at radius 3 is 2.70 bits per heavy atom. The minimum Gasteiger partial charge on any atom is -0.397 e. The Bertz CT molecular complexity index is 804. The zero-order valence-electron chi connectivity index (χ0n) is 16.0. The Balaban J connectivity index is 1.57. The Kier molecular flexibility index (Phi) is 5.32. The van der Waals surface area contributed by atoms with Crippen molar-refractivity contribution in [3.63, 3.8) is 0 Å². The summed E-state index contributed by atoms with van der Waals surface area (Å²) < 4.78 is 20.4. The van der Waals surface area contributed by atoms with Crippen LogP contribution in [-0.2, 0) is 11.3 Å². The number of hydrogen-bond donors (Lipinski definition) is 1. The molecule has 1 atom stereocenters. The van der Waals surface area contributed by atoms with Gasteiger partial charge in [0.2, 0.25) is 0 Å². The Morgan fingerprint density at radius 1 is 1.15 bits per heavy atom. The second kappa shape index (κ2) is 7.87. The van der Waals surface area contributed by atoms with Crippen molar-refractivity contribution < 1.29 is 9.13 Å². The lowest BCUT2D eigenvalue weighted by molar-refractivity contribution is 0.0342. The van der Waals surface area contributed by atoms with Crippen molar-refractivity contribution in [2.75, 3.05) is 50.0 Å². The molecule has 27 heavy (non-hydrogen) atoms. The first-order valence-corrected chi connectivity index (χ1v) is 9.83. The predicted octanol–water partition coefficient (Wildman–Crippen LogP) is 3.75. The van der Waals surface area contributed by atoms with Crippen molar-refractivity contribution in [1.29, 1.82) is 0 Å². The molecule has 5 heteroatoms. The highest BCUT2D eigenvalue weighted by molar-refractivity contribution is 5.77. The number of halogens is 1. The Labute approximate surface area is 160 Å². The van der Waals surface area contributed by atoms with Gasteiger partial charge in [0.25, 0.3) is 0 Å². The van der Waals surface area contributed by atoms with Crippen LogP contribution in [0.2, 0.25) is 0 Å². The van der Waals surface area contributed by atoms with Crippen LogP contribution in [0, 0.1) is 11.7 Å². The van der Waals surface area contributed by atoms with Crippen LogP contribution in [0.1, 0.15) is 18.9 Å². The fraction of sp³-hybridized carbons (Fsp3) is 0.455. The zero-order valence-corrected chi connectivity index (χ0v) is 16.0.